The van der Waals surface area contributed by atoms with Crippen LogP contribution in [0.5, 0.6) is 0 Å². The second-order valence-electron chi connectivity index (χ2n) is 7.28. The van der Waals surface area contributed by atoms with E-state index in [0.29, 0.717) is 18.8 Å². The van der Waals surface area contributed by atoms with Crippen molar-refractivity contribution in [3.63, 3.8) is 0 Å². The fraction of sp³-hybridized carbons (Fsp3) is 0.650. The van der Waals surface area contributed by atoms with Gasteiger partial charge in [0.05, 0.1) is 0 Å². The highest BCUT2D eigenvalue weighted by Crippen LogP contribution is 2.40. The van der Waals surface area contributed by atoms with E-state index in [1.807, 2.05) is 32.9 Å². The molecule has 0 aliphatic rings. The number of carbonyl (C=O) groups excluding carboxylic acids is 1. The second-order valence-corrected chi connectivity index (χ2v) is 8.32. The van der Waals surface area contributed by atoms with Crippen LogP contribution in [0.1, 0.15) is 79.9 Å². The highest BCUT2D eigenvalue weighted by atomic mass is 31.1. The predicted octanol–water partition coefficient (Wildman–Crippen LogP) is 6.45. The second kappa shape index (κ2) is 8.73. The fourth-order valence-corrected chi connectivity index (χ4v) is 4.43. The number of benzene rings is 1. The van der Waals surface area contributed by atoms with Crippen LogP contribution >= 0.6 is 8.46 Å². The van der Waals surface area contributed by atoms with Crippen LogP contribution in [-0.4, -0.2) is 10.9 Å². The molecule has 0 spiro atoms. The van der Waals surface area contributed by atoms with E-state index in [1.54, 1.807) is 0 Å². The van der Waals surface area contributed by atoms with Crippen molar-refractivity contribution in [1.82, 2.24) is 0 Å². The van der Waals surface area contributed by atoms with E-state index in [2.05, 4.69) is 20.8 Å². The standard InChI is InChI=1S/C20H31O2P/c1-7-8-9-10-20(23-22,13-14(2)3)19(21)18-16(5)11-15(4)12-17(18)6/h11-12,14H,7-10,13H2,1-6H3. The van der Waals surface area contributed by atoms with Crippen molar-refractivity contribution >= 4 is 14.2 Å². The van der Waals surface area contributed by atoms with Crippen LogP contribution < -0.4 is 0 Å². The van der Waals surface area contributed by atoms with Crippen LogP contribution in [0.25, 0.3) is 0 Å². The predicted molar refractivity (Wildman–Crippen MR) is 98.9 cm³/mol. The van der Waals surface area contributed by atoms with Gasteiger partial charge in [0.25, 0.3) is 0 Å². The van der Waals surface area contributed by atoms with Gasteiger partial charge in [0.2, 0.25) is 0 Å². The summed E-state index contributed by atoms with van der Waals surface area (Å²) in [5, 5.41) is -0.770. The topological polar surface area (TPSA) is 34.1 Å². The molecule has 2 nitrogen and oxygen atoms in total. The normalized spacial score (nSPS) is 14.2. The largest absolute Gasteiger partial charge is 0.293 e. The van der Waals surface area contributed by atoms with Gasteiger partial charge in [0, 0.05) is 5.56 Å². The minimum absolute atomic E-state index is 0.0297. The molecule has 128 valence electrons. The molecule has 0 saturated heterocycles. The van der Waals surface area contributed by atoms with Gasteiger partial charge in [-0.2, -0.15) is 0 Å². The van der Waals surface area contributed by atoms with Crippen LogP contribution in [-0.2, 0) is 4.57 Å². The molecule has 1 aromatic carbocycles. The Hall–Kier alpha value is -1.01. The summed E-state index contributed by atoms with van der Waals surface area (Å²) < 4.78 is 12.1. The molecule has 1 atom stereocenters. The van der Waals surface area contributed by atoms with E-state index in [1.165, 1.54) is 0 Å². The van der Waals surface area contributed by atoms with Gasteiger partial charge < -0.3 is 0 Å². The quantitative estimate of drug-likeness (QED) is 0.295. The first-order chi connectivity index (χ1) is 10.8. The molecule has 23 heavy (non-hydrogen) atoms. The average Bonchev–Trinajstić information content (AvgIpc) is 2.44. The van der Waals surface area contributed by atoms with Crippen molar-refractivity contribution in [2.24, 2.45) is 5.92 Å². The van der Waals surface area contributed by atoms with Crippen molar-refractivity contribution in [2.75, 3.05) is 0 Å². The van der Waals surface area contributed by atoms with Crippen LogP contribution in [0.4, 0.5) is 0 Å². The van der Waals surface area contributed by atoms with Crippen molar-refractivity contribution in [2.45, 2.75) is 78.8 Å². The molecule has 0 amide bonds. The van der Waals surface area contributed by atoms with E-state index in [0.717, 1.165) is 41.5 Å². The Bertz CT molecular complexity index is 540. The number of hydrogen-bond acceptors (Lipinski definition) is 2. The highest BCUT2D eigenvalue weighted by molar-refractivity contribution is 7.28. The summed E-state index contributed by atoms with van der Waals surface area (Å²) in [5.74, 6) is 0.405. The lowest BCUT2D eigenvalue weighted by Gasteiger charge is -2.29. The van der Waals surface area contributed by atoms with Gasteiger partial charge in [-0.05, 0) is 50.7 Å². The smallest absolute Gasteiger partial charge is 0.181 e. The average molecular weight is 334 g/mol. The first kappa shape index (κ1) is 20.0. The van der Waals surface area contributed by atoms with Gasteiger partial charge in [0.1, 0.15) is 5.16 Å². The zero-order valence-electron chi connectivity index (χ0n) is 15.5. The molecule has 3 heteroatoms. The number of unbranched alkanes of at least 4 members (excludes halogenated alkanes) is 2. The number of aryl methyl sites for hydroxylation is 3. The summed E-state index contributed by atoms with van der Waals surface area (Å²) in [6, 6.07) is 4.10. The van der Waals surface area contributed by atoms with E-state index < -0.39 is 5.16 Å². The summed E-state index contributed by atoms with van der Waals surface area (Å²) in [7, 11) is -0.0297. The number of hydrogen-bond donors (Lipinski definition) is 0. The van der Waals surface area contributed by atoms with Crippen molar-refractivity contribution in [1.29, 1.82) is 0 Å². The van der Waals surface area contributed by atoms with E-state index >= 15 is 0 Å². The Morgan fingerprint density at radius 3 is 2.13 bits per heavy atom. The minimum atomic E-state index is -0.770. The van der Waals surface area contributed by atoms with Crippen molar-refractivity contribution in [3.8, 4) is 0 Å². The molecule has 0 N–H and O–H groups in total. The molecule has 1 rings (SSSR count). The van der Waals surface area contributed by atoms with Gasteiger partial charge in [-0.3, -0.25) is 9.36 Å². The van der Waals surface area contributed by atoms with Gasteiger partial charge >= 0.3 is 0 Å². The minimum Gasteiger partial charge on any atom is -0.293 e. The van der Waals surface area contributed by atoms with Crippen molar-refractivity contribution in [3.05, 3.63) is 34.4 Å². The van der Waals surface area contributed by atoms with Gasteiger partial charge in [-0.1, -0.05) is 57.7 Å². The van der Waals surface area contributed by atoms with E-state index in [-0.39, 0.29) is 14.2 Å². The first-order valence-corrected chi connectivity index (χ1v) is 9.55. The van der Waals surface area contributed by atoms with Crippen LogP contribution in [0.3, 0.4) is 0 Å². The number of ketones is 1. The van der Waals surface area contributed by atoms with Gasteiger partial charge in [0.15, 0.2) is 14.2 Å². The SMILES string of the molecule is CCCCCC(CC(C)C)(P=O)C(=O)c1c(C)cc(C)cc1C. The molecular formula is C20H31O2P. The summed E-state index contributed by atoms with van der Waals surface area (Å²) in [6.07, 6.45) is 4.51. The molecule has 0 radical (unpaired) electrons. The summed E-state index contributed by atoms with van der Waals surface area (Å²) in [5.41, 5.74) is 3.94. The third kappa shape index (κ3) is 4.98. The van der Waals surface area contributed by atoms with Crippen molar-refractivity contribution < 1.29 is 9.36 Å². The van der Waals surface area contributed by atoms with Gasteiger partial charge in [-0.15, -0.1) is 0 Å². The molecule has 0 aromatic heterocycles. The molecular weight excluding hydrogens is 303 g/mol. The van der Waals surface area contributed by atoms with Crippen LogP contribution in [0.15, 0.2) is 12.1 Å². The maximum Gasteiger partial charge on any atom is 0.181 e. The Labute approximate surface area is 143 Å². The van der Waals surface area contributed by atoms with E-state index in [4.69, 9.17) is 0 Å². The van der Waals surface area contributed by atoms with Gasteiger partial charge in [-0.25, -0.2) is 0 Å². The molecule has 0 fully saturated rings. The molecule has 0 heterocycles. The Balaban J connectivity index is 3.30. The lowest BCUT2D eigenvalue weighted by Crippen LogP contribution is -2.35. The molecule has 0 bridgehead atoms. The van der Waals surface area contributed by atoms with Crippen LogP contribution in [0.2, 0.25) is 0 Å². The molecule has 1 aromatic rings. The maximum atomic E-state index is 13.4. The maximum absolute atomic E-state index is 13.4. The number of Topliss-reactive ketones (excluding diaryl/α,β-unsaturated/α-hetero) is 1. The van der Waals surface area contributed by atoms with E-state index in [9.17, 15) is 9.36 Å². The molecule has 1 unspecified atom stereocenters. The number of rotatable bonds is 9. The zero-order chi connectivity index (χ0) is 17.6. The third-order valence-electron chi connectivity index (χ3n) is 4.44. The third-order valence-corrected chi connectivity index (χ3v) is 5.40. The monoisotopic (exact) mass is 334 g/mol. The molecule has 0 aliphatic carbocycles. The highest BCUT2D eigenvalue weighted by Gasteiger charge is 2.41. The lowest BCUT2D eigenvalue weighted by molar-refractivity contribution is 0.0917. The summed E-state index contributed by atoms with van der Waals surface area (Å²) in [6.45, 7) is 12.4. The fourth-order valence-electron chi connectivity index (χ4n) is 3.55. The Morgan fingerprint density at radius 2 is 1.70 bits per heavy atom. The Morgan fingerprint density at radius 1 is 1.13 bits per heavy atom. The Kier molecular flexibility index (Phi) is 7.61. The first-order valence-electron chi connectivity index (χ1n) is 8.74. The number of carbonyl (C=O) groups is 1. The zero-order valence-corrected chi connectivity index (χ0v) is 16.4. The summed E-state index contributed by atoms with van der Waals surface area (Å²) in [4.78, 5) is 13.4. The van der Waals surface area contributed by atoms with Crippen LogP contribution in [0, 0.1) is 26.7 Å². The summed E-state index contributed by atoms with van der Waals surface area (Å²) >= 11 is 0. The molecule has 0 saturated carbocycles. The lowest BCUT2D eigenvalue weighted by atomic mass is 9.82. The molecule has 0 aliphatic heterocycles.